The third-order valence-corrected chi connectivity index (χ3v) is 3.94. The summed E-state index contributed by atoms with van der Waals surface area (Å²) in [5.74, 6) is -1.98. The number of rotatable bonds is 2. The van der Waals surface area contributed by atoms with Gasteiger partial charge in [0, 0.05) is 10.7 Å². The van der Waals surface area contributed by atoms with Crippen molar-refractivity contribution in [3.8, 4) is 0 Å². The molecule has 0 aliphatic carbocycles. The number of amides is 1. The van der Waals surface area contributed by atoms with Gasteiger partial charge in [0.1, 0.15) is 11.0 Å². The molecule has 0 spiro atoms. The van der Waals surface area contributed by atoms with Crippen LogP contribution in [0.15, 0.2) is 34.9 Å². The van der Waals surface area contributed by atoms with Gasteiger partial charge in [-0.15, -0.1) is 0 Å². The fourth-order valence-corrected chi connectivity index (χ4v) is 2.94. The molecule has 1 aliphatic heterocycles. The van der Waals surface area contributed by atoms with Gasteiger partial charge in [-0.3, -0.25) is 14.5 Å². The molecular formula is C14H7BrClFN2O2. The molecule has 1 aliphatic rings. The fraction of sp³-hybridized carbons (Fsp3) is 0.0714. The lowest BCUT2D eigenvalue weighted by Gasteiger charge is -2.17. The average molecular weight is 370 g/mol. The van der Waals surface area contributed by atoms with Crippen LogP contribution in [0.4, 0.5) is 10.1 Å². The van der Waals surface area contributed by atoms with Crippen molar-refractivity contribution in [1.82, 2.24) is 4.98 Å². The molecule has 1 aromatic heterocycles. The Labute approximate surface area is 132 Å². The van der Waals surface area contributed by atoms with Crippen LogP contribution >= 0.6 is 27.5 Å². The second-order valence-corrected chi connectivity index (χ2v) is 5.73. The van der Waals surface area contributed by atoms with Crippen LogP contribution in [0.5, 0.6) is 0 Å². The Hall–Kier alpha value is -1.79. The van der Waals surface area contributed by atoms with Gasteiger partial charge in [0.15, 0.2) is 0 Å². The van der Waals surface area contributed by atoms with Gasteiger partial charge in [0.05, 0.1) is 17.8 Å². The highest BCUT2D eigenvalue weighted by molar-refractivity contribution is 9.10. The molecule has 0 unspecified atom stereocenters. The lowest BCUT2D eigenvalue weighted by molar-refractivity contribution is -0.114. The smallest absolute Gasteiger partial charge is 0.299 e. The predicted octanol–water partition coefficient (Wildman–Crippen LogP) is 3.37. The number of fused-ring (bicyclic) bond motifs is 1. The van der Waals surface area contributed by atoms with E-state index in [4.69, 9.17) is 11.6 Å². The SMILES string of the molecule is O=C1C(=O)N(Cc2ccc(Cl)nc2)c2c(Br)cc(F)cc21. The molecule has 0 N–H and O–H groups in total. The summed E-state index contributed by atoms with van der Waals surface area (Å²) in [6, 6.07) is 5.60. The third-order valence-electron chi connectivity index (χ3n) is 3.11. The van der Waals surface area contributed by atoms with Crippen molar-refractivity contribution >= 4 is 44.9 Å². The number of hydrogen-bond acceptors (Lipinski definition) is 3. The Kier molecular flexibility index (Phi) is 3.51. The summed E-state index contributed by atoms with van der Waals surface area (Å²) in [5.41, 5.74) is 1.15. The van der Waals surface area contributed by atoms with Crippen LogP contribution in [-0.4, -0.2) is 16.7 Å². The highest BCUT2D eigenvalue weighted by Gasteiger charge is 2.37. The zero-order valence-corrected chi connectivity index (χ0v) is 12.8. The largest absolute Gasteiger partial charge is 0.299 e. The summed E-state index contributed by atoms with van der Waals surface area (Å²) in [7, 11) is 0. The number of carbonyl (C=O) groups excluding carboxylic acids is 2. The summed E-state index contributed by atoms with van der Waals surface area (Å²) in [6.07, 6.45) is 1.52. The monoisotopic (exact) mass is 368 g/mol. The van der Waals surface area contributed by atoms with Crippen LogP contribution in [0.25, 0.3) is 0 Å². The van der Waals surface area contributed by atoms with Crippen molar-refractivity contribution < 1.29 is 14.0 Å². The van der Waals surface area contributed by atoms with E-state index in [1.165, 1.54) is 17.2 Å². The Balaban J connectivity index is 2.03. The third kappa shape index (κ3) is 2.45. The van der Waals surface area contributed by atoms with E-state index in [1.54, 1.807) is 12.1 Å². The van der Waals surface area contributed by atoms with Gasteiger partial charge in [-0.25, -0.2) is 9.37 Å². The first-order valence-electron chi connectivity index (χ1n) is 5.93. The maximum Gasteiger partial charge on any atom is 0.299 e. The maximum absolute atomic E-state index is 13.4. The van der Waals surface area contributed by atoms with Crippen LogP contribution in [0.2, 0.25) is 5.15 Å². The zero-order valence-electron chi connectivity index (χ0n) is 10.4. The molecule has 0 atom stereocenters. The minimum absolute atomic E-state index is 0.0637. The van der Waals surface area contributed by atoms with E-state index in [2.05, 4.69) is 20.9 Å². The lowest BCUT2D eigenvalue weighted by atomic mass is 10.1. The van der Waals surface area contributed by atoms with E-state index < -0.39 is 17.5 Å². The van der Waals surface area contributed by atoms with Crippen molar-refractivity contribution in [3.63, 3.8) is 0 Å². The molecule has 106 valence electrons. The van der Waals surface area contributed by atoms with Crippen molar-refractivity contribution in [2.75, 3.05) is 4.90 Å². The molecule has 3 rings (SSSR count). The molecule has 4 nitrogen and oxygen atoms in total. The van der Waals surface area contributed by atoms with Crippen LogP contribution in [-0.2, 0) is 11.3 Å². The number of hydrogen-bond donors (Lipinski definition) is 0. The minimum atomic E-state index is -0.716. The van der Waals surface area contributed by atoms with Gasteiger partial charge in [-0.2, -0.15) is 0 Å². The first-order chi connectivity index (χ1) is 9.97. The molecule has 0 fully saturated rings. The number of halogens is 3. The Morgan fingerprint density at radius 1 is 1.29 bits per heavy atom. The first-order valence-corrected chi connectivity index (χ1v) is 7.10. The molecule has 0 radical (unpaired) electrons. The molecule has 0 saturated heterocycles. The Bertz CT molecular complexity index is 764. The number of aromatic nitrogens is 1. The number of Topliss-reactive ketones (excluding diaryl/α,β-unsaturated/α-hetero) is 1. The molecule has 2 heterocycles. The summed E-state index contributed by atoms with van der Waals surface area (Å²) >= 11 is 8.90. The van der Waals surface area contributed by atoms with E-state index in [1.807, 2.05) is 0 Å². The quantitative estimate of drug-likeness (QED) is 0.602. The Morgan fingerprint density at radius 2 is 2.05 bits per heavy atom. The standard InChI is InChI=1S/C14H7BrClFN2O2/c15-10-4-8(17)3-9-12(10)19(14(21)13(9)20)6-7-1-2-11(16)18-5-7/h1-5H,6H2. The molecular weight excluding hydrogens is 363 g/mol. The van der Waals surface area contributed by atoms with E-state index in [9.17, 15) is 14.0 Å². The van der Waals surface area contributed by atoms with Gasteiger partial charge in [-0.1, -0.05) is 17.7 Å². The molecule has 21 heavy (non-hydrogen) atoms. The van der Waals surface area contributed by atoms with Crippen molar-refractivity contribution in [1.29, 1.82) is 0 Å². The molecule has 7 heteroatoms. The maximum atomic E-state index is 13.4. The van der Waals surface area contributed by atoms with E-state index >= 15 is 0 Å². The van der Waals surface area contributed by atoms with Crippen LogP contribution < -0.4 is 4.90 Å². The van der Waals surface area contributed by atoms with E-state index in [-0.39, 0.29) is 12.1 Å². The number of benzene rings is 1. The Morgan fingerprint density at radius 3 is 2.71 bits per heavy atom. The van der Waals surface area contributed by atoms with Gasteiger partial charge in [-0.05, 0) is 39.7 Å². The number of carbonyl (C=O) groups is 2. The highest BCUT2D eigenvalue weighted by Crippen LogP contribution is 2.37. The van der Waals surface area contributed by atoms with Crippen molar-refractivity contribution in [2.45, 2.75) is 6.54 Å². The first kappa shape index (κ1) is 14.2. The number of anilines is 1. The summed E-state index contributed by atoms with van der Waals surface area (Å²) in [5, 5.41) is 0.339. The van der Waals surface area contributed by atoms with E-state index in [0.29, 0.717) is 20.9 Å². The molecule has 1 aromatic carbocycles. The van der Waals surface area contributed by atoms with Gasteiger partial charge >= 0.3 is 0 Å². The van der Waals surface area contributed by atoms with Crippen molar-refractivity contribution in [2.24, 2.45) is 0 Å². The van der Waals surface area contributed by atoms with Gasteiger partial charge < -0.3 is 0 Å². The summed E-state index contributed by atoms with van der Waals surface area (Å²) < 4.78 is 13.7. The number of nitrogens with zero attached hydrogens (tertiary/aromatic N) is 2. The van der Waals surface area contributed by atoms with Gasteiger partial charge in [0.2, 0.25) is 0 Å². The van der Waals surface area contributed by atoms with Crippen LogP contribution in [0.3, 0.4) is 0 Å². The second-order valence-electron chi connectivity index (χ2n) is 4.49. The van der Waals surface area contributed by atoms with Crippen LogP contribution in [0.1, 0.15) is 15.9 Å². The average Bonchev–Trinajstić information content (AvgIpc) is 2.67. The van der Waals surface area contributed by atoms with Crippen molar-refractivity contribution in [3.05, 3.63) is 57.0 Å². The normalized spacial score (nSPS) is 13.8. The molecule has 0 bridgehead atoms. The molecule has 2 aromatic rings. The fourth-order valence-electron chi connectivity index (χ4n) is 2.19. The number of ketones is 1. The van der Waals surface area contributed by atoms with E-state index in [0.717, 1.165) is 6.07 Å². The molecule has 0 saturated carbocycles. The zero-order chi connectivity index (χ0) is 15.1. The summed E-state index contributed by atoms with van der Waals surface area (Å²) in [4.78, 5) is 29.3. The second kappa shape index (κ2) is 5.20. The lowest BCUT2D eigenvalue weighted by Crippen LogP contribution is -2.29. The number of pyridine rings is 1. The van der Waals surface area contributed by atoms with Gasteiger partial charge in [0.25, 0.3) is 11.7 Å². The molecule has 1 amide bonds. The minimum Gasteiger partial charge on any atom is -0.299 e. The topological polar surface area (TPSA) is 50.3 Å². The summed E-state index contributed by atoms with van der Waals surface area (Å²) in [6.45, 7) is 0.159. The highest BCUT2D eigenvalue weighted by atomic mass is 79.9. The van der Waals surface area contributed by atoms with Crippen LogP contribution in [0, 0.1) is 5.82 Å². The predicted molar refractivity (Wildman–Crippen MR) is 78.9 cm³/mol.